The molecule has 1 fully saturated rings. The summed E-state index contributed by atoms with van der Waals surface area (Å²) in [6, 6.07) is 21.1. The monoisotopic (exact) mass is 367 g/mol. The molecule has 7 nitrogen and oxygen atoms in total. The summed E-state index contributed by atoms with van der Waals surface area (Å²) in [6.07, 6.45) is 0. The number of para-hydroxylation sites is 1. The number of piperazine rings is 1. The number of nitriles is 1. The molecule has 1 heterocycles. The number of nitrogens with zero attached hydrogens (tertiary/aromatic N) is 3. The molecule has 140 valence electrons. The van der Waals surface area contributed by atoms with Gasteiger partial charge in [-0.2, -0.15) is 5.26 Å². The van der Waals surface area contributed by atoms with E-state index in [9.17, 15) is 5.26 Å². The summed E-state index contributed by atoms with van der Waals surface area (Å²) in [5, 5.41) is 24.2. The van der Waals surface area contributed by atoms with Crippen LogP contribution < -0.4 is 4.90 Å². The van der Waals surface area contributed by atoms with Crippen LogP contribution in [0.2, 0.25) is 0 Å². The zero-order valence-corrected chi connectivity index (χ0v) is 14.9. The molecule has 0 bridgehead atoms. The Bertz CT molecular complexity index is 821. The van der Waals surface area contributed by atoms with Crippen molar-refractivity contribution < 1.29 is 19.8 Å². The summed E-state index contributed by atoms with van der Waals surface area (Å²) >= 11 is 0. The van der Waals surface area contributed by atoms with Gasteiger partial charge in [0.25, 0.3) is 0 Å². The molecule has 0 saturated carbocycles. The Labute approximate surface area is 157 Å². The predicted molar refractivity (Wildman–Crippen MR) is 100 cm³/mol. The lowest BCUT2D eigenvalue weighted by Gasteiger charge is -2.42. The molecule has 0 aliphatic carbocycles. The van der Waals surface area contributed by atoms with Crippen LogP contribution in [0.5, 0.6) is 0 Å². The van der Waals surface area contributed by atoms with E-state index >= 15 is 0 Å². The van der Waals surface area contributed by atoms with E-state index < -0.39 is 11.9 Å². The van der Waals surface area contributed by atoms with Crippen LogP contribution in [0.3, 0.4) is 0 Å². The standard InChI is InChI=1S/C18H19N3.C2H2O4/c1-20-11-12-21(17-10-6-5-9-16(17)13-19)18(14-20)15-7-3-2-4-8-15;3-1(4)2(5)6/h2-10,18H,11-12,14H2,1H3;(H,3,4)(H,5,6). The van der Waals surface area contributed by atoms with Crippen molar-refractivity contribution in [3.63, 3.8) is 0 Å². The lowest BCUT2D eigenvalue weighted by molar-refractivity contribution is -0.159. The summed E-state index contributed by atoms with van der Waals surface area (Å²) in [5.74, 6) is -3.65. The van der Waals surface area contributed by atoms with Gasteiger partial charge in [0.05, 0.1) is 17.3 Å². The molecule has 1 atom stereocenters. The fourth-order valence-corrected chi connectivity index (χ4v) is 2.99. The Morgan fingerprint density at radius 1 is 1.00 bits per heavy atom. The number of anilines is 1. The summed E-state index contributed by atoms with van der Waals surface area (Å²) in [5.41, 5.74) is 3.10. The van der Waals surface area contributed by atoms with Crippen molar-refractivity contribution in [2.45, 2.75) is 6.04 Å². The van der Waals surface area contributed by atoms with E-state index in [0.717, 1.165) is 30.9 Å². The molecule has 2 aromatic carbocycles. The molecule has 2 N–H and O–H groups in total. The Hall–Kier alpha value is -3.37. The Kier molecular flexibility index (Phi) is 6.92. The minimum atomic E-state index is -1.82. The third-order valence-electron chi connectivity index (χ3n) is 4.28. The molecular formula is C20H21N3O4. The average molecular weight is 367 g/mol. The lowest BCUT2D eigenvalue weighted by atomic mass is 10.0. The van der Waals surface area contributed by atoms with Gasteiger partial charge in [-0.3, -0.25) is 0 Å². The topological polar surface area (TPSA) is 105 Å². The van der Waals surface area contributed by atoms with Gasteiger partial charge in [0, 0.05) is 19.6 Å². The third kappa shape index (κ3) is 5.30. The summed E-state index contributed by atoms with van der Waals surface area (Å²) < 4.78 is 0. The highest BCUT2D eigenvalue weighted by Crippen LogP contribution is 2.32. The zero-order valence-electron chi connectivity index (χ0n) is 14.9. The van der Waals surface area contributed by atoms with Gasteiger partial charge >= 0.3 is 11.9 Å². The van der Waals surface area contributed by atoms with Crippen LogP contribution in [0.15, 0.2) is 54.6 Å². The SMILES string of the molecule is CN1CCN(c2ccccc2C#N)C(c2ccccc2)C1.O=C(O)C(=O)O. The second kappa shape index (κ2) is 9.36. The normalized spacial score (nSPS) is 16.6. The maximum Gasteiger partial charge on any atom is 0.414 e. The van der Waals surface area contributed by atoms with Crippen LogP contribution in [-0.4, -0.2) is 53.7 Å². The number of hydrogen-bond donors (Lipinski definition) is 2. The molecule has 0 aromatic heterocycles. The summed E-state index contributed by atoms with van der Waals surface area (Å²) in [6.45, 7) is 2.93. The van der Waals surface area contributed by atoms with Crippen LogP contribution in [0.4, 0.5) is 5.69 Å². The van der Waals surface area contributed by atoms with Crippen molar-refractivity contribution in [3.05, 3.63) is 65.7 Å². The van der Waals surface area contributed by atoms with Crippen LogP contribution in [-0.2, 0) is 9.59 Å². The van der Waals surface area contributed by atoms with Crippen molar-refractivity contribution in [2.24, 2.45) is 0 Å². The predicted octanol–water partition coefficient (Wildman–Crippen LogP) is 2.21. The quantitative estimate of drug-likeness (QED) is 0.784. The van der Waals surface area contributed by atoms with E-state index in [2.05, 4.69) is 53.2 Å². The van der Waals surface area contributed by atoms with Gasteiger partial charge in [-0.1, -0.05) is 42.5 Å². The Morgan fingerprint density at radius 3 is 2.19 bits per heavy atom. The minimum absolute atomic E-state index is 0.291. The van der Waals surface area contributed by atoms with Crippen molar-refractivity contribution in [3.8, 4) is 6.07 Å². The fourth-order valence-electron chi connectivity index (χ4n) is 2.99. The number of hydrogen-bond acceptors (Lipinski definition) is 5. The van der Waals surface area contributed by atoms with Gasteiger partial charge in [0.1, 0.15) is 6.07 Å². The van der Waals surface area contributed by atoms with Crippen molar-refractivity contribution >= 4 is 17.6 Å². The summed E-state index contributed by atoms with van der Waals surface area (Å²) in [4.78, 5) is 22.9. The van der Waals surface area contributed by atoms with Gasteiger partial charge in [0.2, 0.25) is 0 Å². The highest BCUT2D eigenvalue weighted by molar-refractivity contribution is 6.27. The number of benzene rings is 2. The fraction of sp³-hybridized carbons (Fsp3) is 0.250. The van der Waals surface area contributed by atoms with E-state index in [1.54, 1.807) is 0 Å². The third-order valence-corrected chi connectivity index (χ3v) is 4.28. The second-order valence-corrected chi connectivity index (χ2v) is 6.12. The molecular weight excluding hydrogens is 346 g/mol. The van der Waals surface area contributed by atoms with E-state index in [1.807, 2.05) is 24.3 Å². The largest absolute Gasteiger partial charge is 0.473 e. The Morgan fingerprint density at radius 2 is 1.59 bits per heavy atom. The minimum Gasteiger partial charge on any atom is -0.473 e. The molecule has 1 saturated heterocycles. The second-order valence-electron chi connectivity index (χ2n) is 6.12. The van der Waals surface area contributed by atoms with Gasteiger partial charge in [-0.05, 0) is 24.7 Å². The van der Waals surface area contributed by atoms with E-state index in [-0.39, 0.29) is 0 Å². The molecule has 0 spiro atoms. The van der Waals surface area contributed by atoms with Crippen LogP contribution >= 0.6 is 0 Å². The van der Waals surface area contributed by atoms with Crippen molar-refractivity contribution in [1.29, 1.82) is 5.26 Å². The first kappa shape index (κ1) is 19.9. The van der Waals surface area contributed by atoms with E-state index in [1.165, 1.54) is 5.56 Å². The molecule has 1 aliphatic rings. The van der Waals surface area contributed by atoms with Gasteiger partial charge in [-0.15, -0.1) is 0 Å². The number of aliphatic carboxylic acids is 2. The first-order valence-corrected chi connectivity index (χ1v) is 8.39. The van der Waals surface area contributed by atoms with Gasteiger partial charge < -0.3 is 20.0 Å². The number of carboxylic acid groups (broad SMARTS) is 2. The van der Waals surface area contributed by atoms with E-state index in [4.69, 9.17) is 19.8 Å². The molecule has 1 aliphatic heterocycles. The van der Waals surface area contributed by atoms with Gasteiger partial charge in [0.15, 0.2) is 0 Å². The number of carboxylic acids is 2. The Balaban J connectivity index is 0.000000380. The number of rotatable bonds is 2. The maximum atomic E-state index is 9.37. The molecule has 7 heteroatoms. The van der Waals surface area contributed by atoms with Crippen molar-refractivity contribution in [2.75, 3.05) is 31.6 Å². The highest BCUT2D eigenvalue weighted by atomic mass is 16.4. The van der Waals surface area contributed by atoms with Crippen molar-refractivity contribution in [1.82, 2.24) is 4.90 Å². The molecule has 1 unspecified atom stereocenters. The number of carbonyl (C=O) groups is 2. The maximum absolute atomic E-state index is 9.37. The molecule has 0 amide bonds. The smallest absolute Gasteiger partial charge is 0.414 e. The molecule has 27 heavy (non-hydrogen) atoms. The zero-order chi connectivity index (χ0) is 19.8. The number of likely N-dealkylation sites (N-methyl/N-ethyl adjacent to an activating group) is 1. The molecule has 3 rings (SSSR count). The first-order valence-electron chi connectivity index (χ1n) is 8.39. The average Bonchev–Trinajstić information content (AvgIpc) is 2.69. The van der Waals surface area contributed by atoms with Gasteiger partial charge in [-0.25, -0.2) is 9.59 Å². The van der Waals surface area contributed by atoms with Crippen LogP contribution in [0.1, 0.15) is 17.2 Å². The highest BCUT2D eigenvalue weighted by Gasteiger charge is 2.27. The molecule has 2 aromatic rings. The first-order chi connectivity index (χ1) is 12.9. The molecule has 0 radical (unpaired) electrons. The van der Waals surface area contributed by atoms with Crippen LogP contribution in [0, 0.1) is 11.3 Å². The lowest BCUT2D eigenvalue weighted by Crippen LogP contribution is -2.47. The van der Waals surface area contributed by atoms with Crippen LogP contribution in [0.25, 0.3) is 0 Å². The van der Waals surface area contributed by atoms with E-state index in [0.29, 0.717) is 6.04 Å². The summed E-state index contributed by atoms with van der Waals surface area (Å²) in [7, 11) is 2.16.